The van der Waals surface area contributed by atoms with Gasteiger partial charge in [-0.3, -0.25) is 9.69 Å². The largest absolute Gasteiger partial charge is 0.497 e. The number of nitrogens with zero attached hydrogens (tertiary/aromatic N) is 1. The van der Waals surface area contributed by atoms with Gasteiger partial charge in [0.05, 0.1) is 18.9 Å². The molecule has 0 saturated carbocycles. The molecule has 2 heterocycles. The van der Waals surface area contributed by atoms with Gasteiger partial charge in [-0.05, 0) is 48.5 Å². The number of hydrogen-bond acceptors (Lipinski definition) is 4. The van der Waals surface area contributed by atoms with Crippen molar-refractivity contribution in [2.75, 3.05) is 17.3 Å². The van der Waals surface area contributed by atoms with Crippen molar-refractivity contribution in [2.45, 2.75) is 6.17 Å². The van der Waals surface area contributed by atoms with Gasteiger partial charge in [-0.1, -0.05) is 12.1 Å². The number of amides is 1. The van der Waals surface area contributed by atoms with E-state index in [1.54, 1.807) is 18.3 Å². The van der Waals surface area contributed by atoms with E-state index in [4.69, 9.17) is 9.15 Å². The highest BCUT2D eigenvalue weighted by Crippen LogP contribution is 2.37. The number of hydrogen-bond donors (Lipinski definition) is 1. The number of para-hydroxylation sites is 1. The molecule has 0 fully saturated rings. The molecule has 1 aliphatic rings. The smallest absolute Gasteiger partial charge is 0.262 e. The first-order chi connectivity index (χ1) is 11.8. The topological polar surface area (TPSA) is 54.7 Å². The Kier molecular flexibility index (Phi) is 3.46. The number of furan rings is 1. The second-order valence-electron chi connectivity index (χ2n) is 5.48. The summed E-state index contributed by atoms with van der Waals surface area (Å²) < 4.78 is 10.8. The lowest BCUT2D eigenvalue weighted by Gasteiger charge is -2.36. The maximum atomic E-state index is 13.1. The lowest BCUT2D eigenvalue weighted by atomic mass is 10.1. The van der Waals surface area contributed by atoms with Crippen LogP contribution in [0.5, 0.6) is 5.75 Å². The lowest BCUT2D eigenvalue weighted by Crippen LogP contribution is -2.43. The van der Waals surface area contributed by atoms with E-state index in [-0.39, 0.29) is 5.91 Å². The summed E-state index contributed by atoms with van der Waals surface area (Å²) in [5.74, 6) is 1.34. The van der Waals surface area contributed by atoms with E-state index < -0.39 is 6.17 Å². The van der Waals surface area contributed by atoms with E-state index in [1.165, 1.54) is 0 Å². The van der Waals surface area contributed by atoms with Crippen molar-refractivity contribution in [1.29, 1.82) is 0 Å². The molecule has 1 amide bonds. The summed E-state index contributed by atoms with van der Waals surface area (Å²) in [5.41, 5.74) is 2.20. The number of benzene rings is 2. The molecule has 2 aromatic carbocycles. The van der Waals surface area contributed by atoms with Crippen molar-refractivity contribution in [1.82, 2.24) is 0 Å². The Morgan fingerprint density at radius 2 is 1.83 bits per heavy atom. The summed E-state index contributed by atoms with van der Waals surface area (Å²) in [6.45, 7) is 0. The van der Waals surface area contributed by atoms with E-state index in [9.17, 15) is 4.79 Å². The predicted molar refractivity (Wildman–Crippen MR) is 91.3 cm³/mol. The lowest BCUT2D eigenvalue weighted by molar-refractivity contribution is 0.0971. The molecule has 0 aliphatic carbocycles. The standard InChI is InChI=1S/C19H16N2O3/c1-23-14-10-8-13(9-11-14)21-18(17-7-4-12-24-17)20-16-6-3-2-5-15(16)19(21)22/h2-12,18,20H,1H3/t18-/m1/s1. The molecule has 1 aliphatic heterocycles. The van der Waals surface area contributed by atoms with Crippen molar-refractivity contribution in [3.63, 3.8) is 0 Å². The van der Waals surface area contributed by atoms with Crippen LogP contribution >= 0.6 is 0 Å². The van der Waals surface area contributed by atoms with Gasteiger partial charge in [0.2, 0.25) is 0 Å². The summed E-state index contributed by atoms with van der Waals surface area (Å²) in [6.07, 6.45) is 1.20. The van der Waals surface area contributed by atoms with Crippen molar-refractivity contribution in [3.8, 4) is 5.75 Å². The maximum Gasteiger partial charge on any atom is 0.262 e. The highest BCUT2D eigenvalue weighted by atomic mass is 16.5. The molecule has 0 bridgehead atoms. The molecule has 0 radical (unpaired) electrons. The van der Waals surface area contributed by atoms with Gasteiger partial charge >= 0.3 is 0 Å². The van der Waals surface area contributed by atoms with E-state index in [0.29, 0.717) is 11.3 Å². The van der Waals surface area contributed by atoms with Gasteiger partial charge in [0.25, 0.3) is 5.91 Å². The minimum Gasteiger partial charge on any atom is -0.497 e. The van der Waals surface area contributed by atoms with Crippen molar-refractivity contribution in [3.05, 3.63) is 78.3 Å². The molecule has 0 saturated heterocycles. The van der Waals surface area contributed by atoms with Gasteiger partial charge in [0.1, 0.15) is 11.5 Å². The van der Waals surface area contributed by atoms with Crippen LogP contribution in [0.1, 0.15) is 22.3 Å². The molecule has 0 unspecified atom stereocenters. The number of ether oxygens (including phenoxy) is 1. The third-order valence-corrected chi connectivity index (χ3v) is 4.09. The summed E-state index contributed by atoms with van der Waals surface area (Å²) in [5, 5.41) is 3.39. The molecule has 5 nitrogen and oxygen atoms in total. The molecule has 5 heteroatoms. The summed E-state index contributed by atoms with van der Waals surface area (Å²) in [4.78, 5) is 14.8. The molecule has 24 heavy (non-hydrogen) atoms. The maximum absolute atomic E-state index is 13.1. The summed E-state index contributed by atoms with van der Waals surface area (Å²) in [6, 6.07) is 18.5. The van der Waals surface area contributed by atoms with Crippen molar-refractivity contribution < 1.29 is 13.9 Å². The minimum absolute atomic E-state index is 0.0732. The van der Waals surface area contributed by atoms with Crippen LogP contribution in [-0.2, 0) is 0 Å². The van der Waals surface area contributed by atoms with Crippen LogP contribution in [-0.4, -0.2) is 13.0 Å². The molecular weight excluding hydrogens is 304 g/mol. The average Bonchev–Trinajstić information content (AvgIpc) is 3.16. The molecule has 3 aromatic rings. The number of methoxy groups -OCH3 is 1. The van der Waals surface area contributed by atoms with Gasteiger partial charge in [0, 0.05) is 11.4 Å². The average molecular weight is 320 g/mol. The van der Waals surface area contributed by atoms with Crippen molar-refractivity contribution >= 4 is 17.3 Å². The number of nitrogens with one attached hydrogen (secondary N) is 1. The fraction of sp³-hybridized carbons (Fsp3) is 0.105. The molecule has 120 valence electrons. The number of carbonyl (C=O) groups is 1. The van der Waals surface area contributed by atoms with Crippen LogP contribution in [0.3, 0.4) is 0 Å². The number of fused-ring (bicyclic) bond motifs is 1. The predicted octanol–water partition coefficient (Wildman–Crippen LogP) is 4.06. The SMILES string of the molecule is COc1ccc(N2C(=O)c3ccccc3N[C@H]2c2ccco2)cc1. The molecular formula is C19H16N2O3. The van der Waals surface area contributed by atoms with Gasteiger partial charge in [-0.15, -0.1) is 0 Å². The molecule has 0 spiro atoms. The van der Waals surface area contributed by atoms with Crippen LogP contribution in [0.4, 0.5) is 11.4 Å². The highest BCUT2D eigenvalue weighted by molar-refractivity contribution is 6.12. The number of carbonyl (C=O) groups excluding carboxylic acids is 1. The number of rotatable bonds is 3. The number of anilines is 2. The Balaban J connectivity index is 1.82. The summed E-state index contributed by atoms with van der Waals surface area (Å²) in [7, 11) is 1.62. The Labute approximate surface area is 139 Å². The molecule has 1 atom stereocenters. The first-order valence-corrected chi connectivity index (χ1v) is 7.64. The highest BCUT2D eigenvalue weighted by Gasteiger charge is 2.35. The van der Waals surface area contributed by atoms with Crippen LogP contribution in [0, 0.1) is 0 Å². The van der Waals surface area contributed by atoms with Gasteiger partial charge in [-0.25, -0.2) is 0 Å². The third kappa shape index (κ3) is 2.31. The zero-order valence-corrected chi connectivity index (χ0v) is 13.1. The molecule has 1 N–H and O–H groups in total. The Morgan fingerprint density at radius 1 is 1.04 bits per heavy atom. The van der Waals surface area contributed by atoms with Crippen LogP contribution in [0.2, 0.25) is 0 Å². The first kappa shape index (κ1) is 14.4. The summed E-state index contributed by atoms with van der Waals surface area (Å²) >= 11 is 0. The second kappa shape index (κ2) is 5.77. The molecule has 4 rings (SSSR count). The fourth-order valence-electron chi connectivity index (χ4n) is 2.91. The van der Waals surface area contributed by atoms with Crippen molar-refractivity contribution in [2.24, 2.45) is 0 Å². The van der Waals surface area contributed by atoms with Gasteiger partial charge in [0.15, 0.2) is 6.17 Å². The second-order valence-corrected chi connectivity index (χ2v) is 5.48. The van der Waals surface area contributed by atoms with E-state index in [0.717, 1.165) is 17.1 Å². The molecule has 1 aromatic heterocycles. The monoisotopic (exact) mass is 320 g/mol. The Morgan fingerprint density at radius 3 is 2.54 bits per heavy atom. The minimum atomic E-state index is -0.407. The zero-order valence-electron chi connectivity index (χ0n) is 13.1. The van der Waals surface area contributed by atoms with E-state index in [2.05, 4.69) is 5.32 Å². The van der Waals surface area contributed by atoms with E-state index in [1.807, 2.05) is 60.7 Å². The van der Waals surface area contributed by atoms with Crippen LogP contribution < -0.4 is 15.0 Å². The van der Waals surface area contributed by atoms with Gasteiger partial charge < -0.3 is 14.5 Å². The Bertz CT molecular complexity index is 857. The quantitative estimate of drug-likeness (QED) is 0.791. The first-order valence-electron chi connectivity index (χ1n) is 7.64. The normalized spacial score (nSPS) is 16.5. The van der Waals surface area contributed by atoms with E-state index >= 15 is 0 Å². The van der Waals surface area contributed by atoms with Gasteiger partial charge in [-0.2, -0.15) is 0 Å². The zero-order chi connectivity index (χ0) is 16.5. The van der Waals surface area contributed by atoms with Crippen LogP contribution in [0.15, 0.2) is 71.3 Å². The fourth-order valence-corrected chi connectivity index (χ4v) is 2.91. The Hall–Kier alpha value is -3.21. The van der Waals surface area contributed by atoms with Crippen LogP contribution in [0.25, 0.3) is 0 Å². The third-order valence-electron chi connectivity index (χ3n) is 4.09.